The maximum atomic E-state index is 13.7. The van der Waals surface area contributed by atoms with Crippen LogP contribution in [-0.4, -0.2) is 33.6 Å². The van der Waals surface area contributed by atoms with E-state index in [1.807, 2.05) is 0 Å². The molecule has 1 fully saturated rings. The van der Waals surface area contributed by atoms with Crippen molar-refractivity contribution in [2.45, 2.75) is 25.8 Å². The number of aryl methyl sites for hydroxylation is 1. The normalized spacial score (nSPS) is 14.9. The van der Waals surface area contributed by atoms with E-state index in [1.165, 1.54) is 30.6 Å². The molecular weight excluding hydrogens is 378 g/mol. The number of carbonyl (C=O) groups excluding carboxylic acids is 1. The van der Waals surface area contributed by atoms with Crippen molar-refractivity contribution in [3.63, 3.8) is 0 Å². The summed E-state index contributed by atoms with van der Waals surface area (Å²) in [6, 6.07) is 8.10. The van der Waals surface area contributed by atoms with Gasteiger partial charge in [-0.05, 0) is 49.6 Å². The van der Waals surface area contributed by atoms with Crippen LogP contribution in [0.3, 0.4) is 0 Å². The van der Waals surface area contributed by atoms with Gasteiger partial charge < -0.3 is 10.2 Å². The van der Waals surface area contributed by atoms with E-state index in [-0.39, 0.29) is 23.4 Å². The molecule has 0 bridgehead atoms. The molecular formula is C21H20F2N4O2. The van der Waals surface area contributed by atoms with E-state index in [0.717, 1.165) is 0 Å². The number of halogens is 2. The lowest BCUT2D eigenvalue weighted by Gasteiger charge is -2.32. The maximum absolute atomic E-state index is 13.7. The van der Waals surface area contributed by atoms with Crippen LogP contribution in [0.5, 0.6) is 0 Å². The van der Waals surface area contributed by atoms with E-state index in [0.29, 0.717) is 48.1 Å². The summed E-state index contributed by atoms with van der Waals surface area (Å²) in [4.78, 5) is 31.0. The van der Waals surface area contributed by atoms with Gasteiger partial charge in [-0.2, -0.15) is 0 Å². The Labute approximate surface area is 165 Å². The Morgan fingerprint density at radius 1 is 1.14 bits per heavy atom. The predicted octanol–water partition coefficient (Wildman–Crippen LogP) is 3.85. The van der Waals surface area contributed by atoms with Crippen LogP contribution in [-0.2, 0) is 0 Å². The summed E-state index contributed by atoms with van der Waals surface area (Å²) in [5.74, 6) is -0.806. The molecule has 3 aromatic rings. The summed E-state index contributed by atoms with van der Waals surface area (Å²) in [5, 5.41) is 3.08. The van der Waals surface area contributed by atoms with E-state index < -0.39 is 5.82 Å². The van der Waals surface area contributed by atoms with Crippen molar-refractivity contribution < 1.29 is 13.6 Å². The topological polar surface area (TPSA) is 67.2 Å². The van der Waals surface area contributed by atoms with Crippen LogP contribution in [0.1, 0.15) is 24.4 Å². The molecule has 1 saturated heterocycles. The SMILES string of the molecule is Cc1ccc(NC(=O)N2CCC(n3cnc4cc(F)ccc4c3=O)CC2)cc1F. The minimum atomic E-state index is -0.435. The van der Waals surface area contributed by atoms with Crippen molar-refractivity contribution in [2.75, 3.05) is 18.4 Å². The first-order valence-electron chi connectivity index (χ1n) is 9.41. The minimum absolute atomic E-state index is 0.0923. The van der Waals surface area contributed by atoms with Crippen molar-refractivity contribution in [3.8, 4) is 0 Å². The lowest BCUT2D eigenvalue weighted by Crippen LogP contribution is -2.42. The van der Waals surface area contributed by atoms with Crippen LogP contribution in [0.25, 0.3) is 10.9 Å². The molecule has 2 amide bonds. The number of nitrogens with zero attached hydrogens (tertiary/aromatic N) is 3. The molecule has 0 radical (unpaired) electrons. The zero-order valence-electron chi connectivity index (χ0n) is 15.9. The number of aromatic nitrogens is 2. The van der Waals surface area contributed by atoms with E-state index in [9.17, 15) is 18.4 Å². The number of piperidine rings is 1. The van der Waals surface area contributed by atoms with Crippen LogP contribution in [0.4, 0.5) is 19.3 Å². The van der Waals surface area contributed by atoms with Crippen molar-refractivity contribution in [1.29, 1.82) is 0 Å². The van der Waals surface area contributed by atoms with E-state index in [1.54, 1.807) is 28.5 Å². The third-order valence-corrected chi connectivity index (χ3v) is 5.31. The van der Waals surface area contributed by atoms with Crippen LogP contribution in [0, 0.1) is 18.6 Å². The summed E-state index contributed by atoms with van der Waals surface area (Å²) in [7, 11) is 0. The number of likely N-dealkylation sites (tertiary alicyclic amines) is 1. The minimum Gasteiger partial charge on any atom is -0.324 e. The molecule has 0 saturated carbocycles. The average Bonchev–Trinajstić information content (AvgIpc) is 2.71. The first-order chi connectivity index (χ1) is 13.9. The highest BCUT2D eigenvalue weighted by atomic mass is 19.1. The molecule has 2 heterocycles. The fourth-order valence-corrected chi connectivity index (χ4v) is 3.59. The van der Waals surface area contributed by atoms with Gasteiger partial charge in [0.25, 0.3) is 5.56 Å². The highest BCUT2D eigenvalue weighted by molar-refractivity contribution is 5.89. The molecule has 150 valence electrons. The van der Waals surface area contributed by atoms with Crippen LogP contribution < -0.4 is 10.9 Å². The molecule has 1 N–H and O–H groups in total. The quantitative estimate of drug-likeness (QED) is 0.713. The van der Waals surface area contributed by atoms with Gasteiger partial charge in [-0.15, -0.1) is 0 Å². The molecule has 29 heavy (non-hydrogen) atoms. The van der Waals surface area contributed by atoms with Gasteiger partial charge in [-0.3, -0.25) is 9.36 Å². The zero-order valence-corrected chi connectivity index (χ0v) is 15.9. The first-order valence-corrected chi connectivity index (χ1v) is 9.41. The molecule has 0 aliphatic carbocycles. The number of amides is 2. The van der Waals surface area contributed by atoms with E-state index in [4.69, 9.17) is 0 Å². The monoisotopic (exact) mass is 398 g/mol. The molecule has 6 nitrogen and oxygen atoms in total. The Morgan fingerprint density at radius 2 is 1.90 bits per heavy atom. The van der Waals surface area contributed by atoms with Crippen LogP contribution in [0.2, 0.25) is 0 Å². The lowest BCUT2D eigenvalue weighted by atomic mass is 10.0. The summed E-state index contributed by atoms with van der Waals surface area (Å²) < 4.78 is 28.5. The van der Waals surface area contributed by atoms with Crippen molar-refractivity contribution in [3.05, 3.63) is 70.3 Å². The molecule has 4 rings (SSSR count). The Kier molecular flexibility index (Phi) is 5.00. The van der Waals surface area contributed by atoms with E-state index in [2.05, 4.69) is 10.3 Å². The molecule has 8 heteroatoms. The summed E-state index contributed by atoms with van der Waals surface area (Å²) >= 11 is 0. The molecule has 2 aromatic carbocycles. The standard InChI is InChI=1S/C21H20F2N4O2/c1-13-2-4-15(11-18(13)23)25-21(29)26-8-6-16(7-9-26)27-12-24-19-10-14(22)3-5-17(19)20(27)28/h2-5,10-12,16H,6-9H2,1H3,(H,25,29). The second-order valence-corrected chi connectivity index (χ2v) is 7.23. The Hall–Kier alpha value is -3.29. The third-order valence-electron chi connectivity index (χ3n) is 5.31. The summed E-state index contributed by atoms with van der Waals surface area (Å²) in [6.07, 6.45) is 2.62. The number of benzene rings is 2. The van der Waals surface area contributed by atoms with Gasteiger partial charge in [0, 0.05) is 30.9 Å². The number of hydrogen-bond donors (Lipinski definition) is 1. The Morgan fingerprint density at radius 3 is 2.62 bits per heavy atom. The summed E-state index contributed by atoms with van der Waals surface area (Å²) in [6.45, 7) is 2.57. The van der Waals surface area contributed by atoms with Crippen molar-refractivity contribution in [1.82, 2.24) is 14.5 Å². The maximum Gasteiger partial charge on any atom is 0.321 e. The Bertz CT molecular complexity index is 1140. The fraction of sp³-hybridized carbons (Fsp3) is 0.286. The largest absolute Gasteiger partial charge is 0.324 e. The van der Waals surface area contributed by atoms with Crippen LogP contribution >= 0.6 is 0 Å². The predicted molar refractivity (Wildman–Crippen MR) is 106 cm³/mol. The molecule has 0 unspecified atom stereocenters. The fourth-order valence-electron chi connectivity index (χ4n) is 3.59. The highest BCUT2D eigenvalue weighted by Gasteiger charge is 2.25. The second kappa shape index (κ2) is 7.62. The van der Waals surface area contributed by atoms with Crippen molar-refractivity contribution in [2.24, 2.45) is 0 Å². The average molecular weight is 398 g/mol. The van der Waals surface area contributed by atoms with Gasteiger partial charge in [0.05, 0.1) is 17.2 Å². The van der Waals surface area contributed by atoms with Gasteiger partial charge in [0.1, 0.15) is 11.6 Å². The van der Waals surface area contributed by atoms with Gasteiger partial charge in [0.15, 0.2) is 0 Å². The first kappa shape index (κ1) is 19.0. The van der Waals surface area contributed by atoms with Gasteiger partial charge in [-0.25, -0.2) is 18.6 Å². The summed E-state index contributed by atoms with van der Waals surface area (Å²) in [5.41, 5.74) is 1.03. The van der Waals surface area contributed by atoms with Gasteiger partial charge in [0.2, 0.25) is 0 Å². The lowest BCUT2D eigenvalue weighted by molar-refractivity contribution is 0.182. The molecule has 1 aliphatic rings. The number of carbonyl (C=O) groups is 1. The zero-order chi connectivity index (χ0) is 20.5. The van der Waals surface area contributed by atoms with Crippen molar-refractivity contribution >= 4 is 22.6 Å². The third kappa shape index (κ3) is 3.83. The van der Waals surface area contributed by atoms with Gasteiger partial charge >= 0.3 is 6.03 Å². The Balaban J connectivity index is 1.44. The number of fused-ring (bicyclic) bond motifs is 1. The van der Waals surface area contributed by atoms with Gasteiger partial charge in [-0.1, -0.05) is 6.07 Å². The smallest absolute Gasteiger partial charge is 0.321 e. The number of rotatable bonds is 2. The van der Waals surface area contributed by atoms with Crippen LogP contribution in [0.15, 0.2) is 47.5 Å². The number of hydrogen-bond acceptors (Lipinski definition) is 3. The number of nitrogens with one attached hydrogen (secondary N) is 1. The number of anilines is 1. The number of urea groups is 1. The molecule has 1 aliphatic heterocycles. The second-order valence-electron chi connectivity index (χ2n) is 7.23. The van der Waals surface area contributed by atoms with E-state index >= 15 is 0 Å². The molecule has 0 spiro atoms. The molecule has 0 atom stereocenters. The highest BCUT2D eigenvalue weighted by Crippen LogP contribution is 2.23. The molecule has 1 aromatic heterocycles.